The number of hydrogen-bond acceptors (Lipinski definition) is 10. The van der Waals surface area contributed by atoms with Crippen LogP contribution in [-0.4, -0.2) is 105 Å². The van der Waals surface area contributed by atoms with E-state index in [4.69, 9.17) is 30.6 Å². The van der Waals surface area contributed by atoms with Gasteiger partial charge in [0, 0.05) is 24.8 Å². The van der Waals surface area contributed by atoms with E-state index in [1.165, 1.54) is 0 Å². The van der Waals surface area contributed by atoms with Crippen LogP contribution in [0.5, 0.6) is 0 Å². The first-order valence-corrected chi connectivity index (χ1v) is 6.30. The number of carboxylic acids is 6. The maximum absolute atomic E-state index is 10.3. The molecule has 0 bridgehead atoms. The van der Waals surface area contributed by atoms with Crippen LogP contribution in [0.4, 0.5) is 0 Å². The van der Waals surface area contributed by atoms with Gasteiger partial charge in [-0.1, -0.05) is 0 Å². The zero-order valence-corrected chi connectivity index (χ0v) is 17.2. The molecule has 6 N–H and O–H groups in total. The average molecular weight is 589 g/mol. The van der Waals surface area contributed by atoms with Gasteiger partial charge in [-0.2, -0.15) is 0 Å². The minimum atomic E-state index is -2.86. The summed E-state index contributed by atoms with van der Waals surface area (Å²) in [5.41, 5.74) is -5.60. The van der Waals surface area contributed by atoms with E-state index in [9.17, 15) is 39.0 Å². The first-order chi connectivity index (χ1) is 11.6. The molecule has 0 aromatic rings. The third-order valence-electron chi connectivity index (χ3n) is 2.56. The number of hydrogen-bond donors (Lipinski definition) is 6. The monoisotopic (exact) mass is 590 g/mol. The summed E-state index contributed by atoms with van der Waals surface area (Å²) in [6, 6.07) is 0. The summed E-state index contributed by atoms with van der Waals surface area (Å²) in [7, 11) is 0. The van der Waals surface area contributed by atoms with Crippen LogP contribution >= 0.6 is 0 Å². The fourth-order valence-corrected chi connectivity index (χ4v) is 1.41. The molecule has 0 rings (SSSR count). The SMILES string of the molecule is O=C(O)CC(O)(CC(=O)O)C(=O)O.O=C([O-])CC(O)(CC(=O)[O-])C(=O)O.[Pb+2]. The molecule has 14 nitrogen and oxygen atoms in total. The van der Waals surface area contributed by atoms with Crippen LogP contribution in [0.2, 0.25) is 0 Å². The second-order valence-corrected chi connectivity index (χ2v) is 4.91. The van der Waals surface area contributed by atoms with Crippen molar-refractivity contribution in [2.75, 3.05) is 0 Å². The second-order valence-electron chi connectivity index (χ2n) is 4.91. The molecule has 27 heavy (non-hydrogen) atoms. The summed E-state index contributed by atoms with van der Waals surface area (Å²) in [5.74, 6) is -10.7. The van der Waals surface area contributed by atoms with Crippen molar-refractivity contribution in [2.24, 2.45) is 0 Å². The van der Waals surface area contributed by atoms with Gasteiger partial charge >= 0.3 is 51.2 Å². The van der Waals surface area contributed by atoms with E-state index in [1.807, 2.05) is 0 Å². The van der Waals surface area contributed by atoms with Crippen LogP contribution in [0.3, 0.4) is 0 Å². The van der Waals surface area contributed by atoms with Gasteiger partial charge in [0.2, 0.25) is 0 Å². The Bertz CT molecular complexity index is 513. The molecule has 0 amide bonds. The van der Waals surface area contributed by atoms with Crippen LogP contribution in [0.25, 0.3) is 0 Å². The quantitative estimate of drug-likeness (QED) is 0.130. The predicted molar refractivity (Wildman–Crippen MR) is 74.7 cm³/mol. The van der Waals surface area contributed by atoms with Crippen molar-refractivity contribution in [2.45, 2.75) is 36.9 Å². The Labute approximate surface area is 169 Å². The largest absolute Gasteiger partial charge is 2.00 e. The third-order valence-corrected chi connectivity index (χ3v) is 2.56. The van der Waals surface area contributed by atoms with E-state index in [2.05, 4.69) is 0 Å². The van der Waals surface area contributed by atoms with Crippen LogP contribution < -0.4 is 10.2 Å². The van der Waals surface area contributed by atoms with Gasteiger partial charge < -0.3 is 50.4 Å². The first kappa shape index (κ1) is 29.4. The third kappa shape index (κ3) is 12.6. The average Bonchev–Trinajstić information content (AvgIpc) is 2.34. The molecule has 0 aromatic carbocycles. The maximum Gasteiger partial charge on any atom is 2.00 e. The molecular formula is C12H14O14Pb. The number of carbonyl (C=O) groups excluding carboxylic acids is 2. The minimum absolute atomic E-state index is 0. The molecule has 150 valence electrons. The van der Waals surface area contributed by atoms with Gasteiger partial charge in [-0.3, -0.25) is 9.59 Å². The zero-order valence-electron chi connectivity index (χ0n) is 13.3. The molecular weight excluding hydrogens is 575 g/mol. The van der Waals surface area contributed by atoms with E-state index in [0.29, 0.717) is 0 Å². The molecule has 0 aliphatic carbocycles. The fourth-order valence-electron chi connectivity index (χ4n) is 1.41. The molecule has 0 saturated heterocycles. The van der Waals surface area contributed by atoms with Gasteiger partial charge in [0.1, 0.15) is 0 Å². The van der Waals surface area contributed by atoms with E-state index >= 15 is 0 Å². The molecule has 0 spiro atoms. The molecule has 0 aliphatic rings. The van der Waals surface area contributed by atoms with Crippen molar-refractivity contribution in [3.8, 4) is 0 Å². The Morgan fingerprint density at radius 2 is 0.815 bits per heavy atom. The van der Waals surface area contributed by atoms with Crippen molar-refractivity contribution < 1.29 is 69.6 Å². The van der Waals surface area contributed by atoms with Crippen molar-refractivity contribution in [1.29, 1.82) is 0 Å². The normalized spacial score (nSPS) is 10.4. The minimum Gasteiger partial charge on any atom is -0.550 e. The zero-order chi connectivity index (χ0) is 21.3. The van der Waals surface area contributed by atoms with Gasteiger partial charge in [-0.25, -0.2) is 9.59 Å². The smallest absolute Gasteiger partial charge is 0.550 e. The fraction of sp³-hybridized carbons (Fsp3) is 0.500. The van der Waals surface area contributed by atoms with Crippen molar-refractivity contribution in [3.63, 3.8) is 0 Å². The van der Waals surface area contributed by atoms with Gasteiger partial charge in [0.05, 0.1) is 12.8 Å². The van der Waals surface area contributed by atoms with Crippen molar-refractivity contribution in [1.82, 2.24) is 0 Å². The summed E-state index contributed by atoms with van der Waals surface area (Å²) in [4.78, 5) is 60.7. The van der Waals surface area contributed by atoms with E-state index in [1.54, 1.807) is 0 Å². The van der Waals surface area contributed by atoms with Gasteiger partial charge in [0.15, 0.2) is 11.2 Å². The van der Waals surface area contributed by atoms with Gasteiger partial charge in [-0.15, -0.1) is 0 Å². The van der Waals surface area contributed by atoms with Crippen LogP contribution in [0, 0.1) is 0 Å². The Kier molecular flexibility index (Phi) is 13.2. The van der Waals surface area contributed by atoms with E-state index < -0.39 is 72.7 Å². The Morgan fingerprint density at radius 3 is 0.963 bits per heavy atom. The molecule has 0 heterocycles. The number of carboxylic acid groups (broad SMARTS) is 6. The predicted octanol–water partition coefficient (Wildman–Crippen LogP) is -5.55. The first-order valence-electron chi connectivity index (χ1n) is 6.30. The number of aliphatic hydroxyl groups is 2. The molecule has 2 radical (unpaired) electrons. The summed E-state index contributed by atoms with van der Waals surface area (Å²) < 4.78 is 0. The topological polar surface area (TPSA) is 270 Å². The van der Waals surface area contributed by atoms with E-state index in [-0.39, 0.29) is 27.3 Å². The molecule has 15 heteroatoms. The standard InChI is InChI=1S/2C6H8O7.Pb/c2*7-3(8)1-6(13,5(11)12)2-4(9)10;/h2*13H,1-2H2,(H,7,8)(H,9,10)(H,11,12);/q;;+2/p-2. The summed E-state index contributed by atoms with van der Waals surface area (Å²) >= 11 is 0. The summed E-state index contributed by atoms with van der Waals surface area (Å²) in [6.07, 6.45) is -4.88. The van der Waals surface area contributed by atoms with Crippen LogP contribution in [0.1, 0.15) is 25.7 Å². The second kappa shape index (κ2) is 12.1. The summed E-state index contributed by atoms with van der Waals surface area (Å²) in [5, 5.41) is 71.0. The van der Waals surface area contributed by atoms with Gasteiger partial charge in [-0.05, 0) is 0 Å². The van der Waals surface area contributed by atoms with Crippen molar-refractivity contribution >= 4 is 63.1 Å². The number of aliphatic carboxylic acids is 6. The molecule has 0 saturated carbocycles. The number of rotatable bonds is 10. The Morgan fingerprint density at radius 1 is 0.593 bits per heavy atom. The van der Waals surface area contributed by atoms with Crippen LogP contribution in [0.15, 0.2) is 0 Å². The van der Waals surface area contributed by atoms with Crippen LogP contribution in [-0.2, 0) is 28.8 Å². The van der Waals surface area contributed by atoms with Crippen molar-refractivity contribution in [3.05, 3.63) is 0 Å². The molecule has 0 aromatic heterocycles. The Balaban J connectivity index is -0.000000411. The Hall–Kier alpha value is -2.34. The molecule has 0 unspecified atom stereocenters. The van der Waals surface area contributed by atoms with Gasteiger partial charge in [0.25, 0.3) is 0 Å². The summed E-state index contributed by atoms with van der Waals surface area (Å²) in [6.45, 7) is 0. The maximum atomic E-state index is 10.3. The molecule has 0 fully saturated rings. The van der Waals surface area contributed by atoms with E-state index in [0.717, 1.165) is 0 Å². The molecule has 0 atom stereocenters. The number of carbonyl (C=O) groups is 6. The molecule has 0 aliphatic heterocycles.